The van der Waals surface area contributed by atoms with E-state index in [2.05, 4.69) is 15.3 Å². The molecule has 1 N–H and O–H groups in total. The predicted octanol–water partition coefficient (Wildman–Crippen LogP) is 4.81. The van der Waals surface area contributed by atoms with E-state index in [9.17, 15) is 18.0 Å². The van der Waals surface area contributed by atoms with Crippen LogP contribution < -0.4 is 5.32 Å². The highest BCUT2D eigenvalue weighted by molar-refractivity contribution is 7.13. The number of anilines is 1. The minimum atomic E-state index is -4.40. The van der Waals surface area contributed by atoms with Gasteiger partial charge in [0, 0.05) is 32.6 Å². The lowest BCUT2D eigenvalue weighted by Crippen LogP contribution is -2.28. The molecule has 0 spiro atoms. The van der Waals surface area contributed by atoms with Crippen molar-refractivity contribution in [3.8, 4) is 10.7 Å². The van der Waals surface area contributed by atoms with Gasteiger partial charge in [-0.15, -0.1) is 11.3 Å². The van der Waals surface area contributed by atoms with Gasteiger partial charge in [-0.05, 0) is 35.6 Å². The number of amides is 1. The molecule has 1 aliphatic rings. The van der Waals surface area contributed by atoms with Crippen LogP contribution in [0.5, 0.6) is 0 Å². The molecule has 7 nitrogen and oxygen atoms in total. The van der Waals surface area contributed by atoms with Crippen molar-refractivity contribution in [1.29, 1.82) is 0 Å². The minimum absolute atomic E-state index is 0.148. The summed E-state index contributed by atoms with van der Waals surface area (Å²) in [5, 5.41) is 5.07. The normalized spacial score (nSPS) is 14.3. The van der Waals surface area contributed by atoms with Gasteiger partial charge in [0.15, 0.2) is 17.3 Å². The van der Waals surface area contributed by atoms with E-state index < -0.39 is 11.7 Å². The summed E-state index contributed by atoms with van der Waals surface area (Å²) in [4.78, 5) is 28.5. The van der Waals surface area contributed by atoms with Crippen LogP contribution in [0.15, 0.2) is 48.1 Å². The third kappa shape index (κ3) is 4.60. The van der Waals surface area contributed by atoms with E-state index in [1.54, 1.807) is 12.4 Å². The van der Waals surface area contributed by atoms with Gasteiger partial charge in [0.25, 0.3) is 0 Å². The maximum Gasteiger partial charge on any atom is 0.416 e. The molecule has 5 rings (SSSR count). The number of hydrogen-bond donors (Lipinski definition) is 1. The Morgan fingerprint density at radius 1 is 1.12 bits per heavy atom. The Morgan fingerprint density at radius 3 is 2.74 bits per heavy atom. The van der Waals surface area contributed by atoms with Crippen molar-refractivity contribution in [2.24, 2.45) is 0 Å². The predicted molar refractivity (Wildman–Crippen MR) is 123 cm³/mol. The minimum Gasteiger partial charge on any atom is -0.364 e. The van der Waals surface area contributed by atoms with E-state index in [4.69, 9.17) is 4.98 Å². The van der Waals surface area contributed by atoms with Gasteiger partial charge in [0.05, 0.1) is 16.8 Å². The van der Waals surface area contributed by atoms with Gasteiger partial charge in [-0.25, -0.2) is 15.0 Å². The van der Waals surface area contributed by atoms with Crippen LogP contribution in [0.4, 0.5) is 19.0 Å². The Labute approximate surface area is 197 Å². The third-order valence-corrected chi connectivity index (χ3v) is 6.57. The van der Waals surface area contributed by atoms with Crippen LogP contribution in [-0.2, 0) is 24.1 Å². The maximum absolute atomic E-state index is 13.1. The summed E-state index contributed by atoms with van der Waals surface area (Å²) in [6.45, 7) is 2.01. The van der Waals surface area contributed by atoms with Gasteiger partial charge in [-0.2, -0.15) is 13.2 Å². The number of imidazole rings is 1. The van der Waals surface area contributed by atoms with Crippen molar-refractivity contribution in [2.45, 2.75) is 32.1 Å². The summed E-state index contributed by atoms with van der Waals surface area (Å²) in [6, 6.07) is 9.00. The Hall–Kier alpha value is -3.47. The van der Waals surface area contributed by atoms with Crippen LogP contribution in [0.2, 0.25) is 0 Å². The molecule has 3 aromatic heterocycles. The van der Waals surface area contributed by atoms with Crippen LogP contribution in [0.25, 0.3) is 21.9 Å². The smallest absolute Gasteiger partial charge is 0.364 e. The summed E-state index contributed by atoms with van der Waals surface area (Å²) in [5.74, 6) is 1.11. The van der Waals surface area contributed by atoms with E-state index >= 15 is 0 Å². The van der Waals surface area contributed by atoms with Crippen molar-refractivity contribution in [1.82, 2.24) is 24.4 Å². The highest BCUT2D eigenvalue weighted by atomic mass is 32.1. The average Bonchev–Trinajstić information content (AvgIpc) is 3.57. The number of aromatic nitrogens is 4. The molecule has 0 saturated carbocycles. The van der Waals surface area contributed by atoms with E-state index in [-0.39, 0.29) is 12.5 Å². The molecule has 34 heavy (non-hydrogen) atoms. The lowest BCUT2D eigenvalue weighted by atomic mass is 10.1. The standard InChI is InChI=1S/C23H21F3N6OS/c24-23(25,26)16-5-1-4-15(12-16)13-27-21-19-22(30-20(29-21)17-6-3-11-34-17)32(14-28-19)10-9-31-8-2-7-18(31)33/h1,3-6,11-12,14H,2,7-10,13H2,(H,27,29,30). The molecule has 1 aromatic carbocycles. The number of hydrogen-bond acceptors (Lipinski definition) is 6. The fraction of sp³-hybridized carbons (Fsp3) is 0.304. The zero-order valence-electron chi connectivity index (χ0n) is 18.0. The molecule has 0 bridgehead atoms. The van der Waals surface area contributed by atoms with E-state index in [1.165, 1.54) is 17.4 Å². The van der Waals surface area contributed by atoms with Gasteiger partial charge in [0.2, 0.25) is 5.91 Å². The molecule has 0 unspecified atom stereocenters. The van der Waals surface area contributed by atoms with Crippen molar-refractivity contribution in [3.63, 3.8) is 0 Å². The quantitative estimate of drug-likeness (QED) is 0.406. The van der Waals surface area contributed by atoms with E-state index in [1.807, 2.05) is 27.0 Å². The van der Waals surface area contributed by atoms with Crippen LogP contribution in [0.3, 0.4) is 0 Å². The zero-order chi connectivity index (χ0) is 23.7. The number of thiophene rings is 1. The van der Waals surface area contributed by atoms with Gasteiger partial charge in [0.1, 0.15) is 5.52 Å². The van der Waals surface area contributed by atoms with Gasteiger partial charge in [-0.1, -0.05) is 18.2 Å². The summed E-state index contributed by atoms with van der Waals surface area (Å²) in [6.07, 6.45) is -1.29. The monoisotopic (exact) mass is 486 g/mol. The number of rotatable bonds is 7. The molecule has 0 aliphatic carbocycles. The van der Waals surface area contributed by atoms with Crippen LogP contribution >= 0.6 is 11.3 Å². The van der Waals surface area contributed by atoms with Crippen LogP contribution in [0, 0.1) is 0 Å². The first kappa shape index (κ1) is 22.3. The molecule has 0 radical (unpaired) electrons. The Bertz CT molecular complexity index is 1320. The van der Waals surface area contributed by atoms with E-state index in [0.717, 1.165) is 30.0 Å². The van der Waals surface area contributed by atoms with E-state index in [0.29, 0.717) is 47.9 Å². The lowest BCUT2D eigenvalue weighted by Gasteiger charge is -2.16. The number of halogens is 3. The number of benzene rings is 1. The molecule has 11 heteroatoms. The highest BCUT2D eigenvalue weighted by Gasteiger charge is 2.30. The second-order valence-corrected chi connectivity index (χ2v) is 8.97. The Morgan fingerprint density at radius 2 is 2.00 bits per heavy atom. The number of likely N-dealkylation sites (tertiary alicyclic amines) is 1. The fourth-order valence-corrected chi connectivity index (χ4v) is 4.62. The topological polar surface area (TPSA) is 75.9 Å². The number of nitrogens with one attached hydrogen (secondary N) is 1. The molecule has 4 aromatic rings. The average molecular weight is 487 g/mol. The fourth-order valence-electron chi connectivity index (χ4n) is 3.96. The van der Waals surface area contributed by atoms with Gasteiger partial charge >= 0.3 is 6.18 Å². The Balaban J connectivity index is 1.44. The molecular formula is C23H21F3N6OS. The number of carbonyl (C=O) groups is 1. The molecular weight excluding hydrogens is 465 g/mol. The van der Waals surface area contributed by atoms with Gasteiger partial charge in [-0.3, -0.25) is 4.79 Å². The SMILES string of the molecule is O=C1CCCN1CCn1cnc2c(NCc3cccc(C(F)(F)F)c3)nc(-c3cccs3)nc21. The summed E-state index contributed by atoms with van der Waals surface area (Å²) >= 11 is 1.49. The first-order chi connectivity index (χ1) is 16.4. The Kier molecular flexibility index (Phi) is 5.94. The lowest BCUT2D eigenvalue weighted by molar-refractivity contribution is -0.137. The third-order valence-electron chi connectivity index (χ3n) is 5.70. The largest absolute Gasteiger partial charge is 0.416 e. The summed E-state index contributed by atoms with van der Waals surface area (Å²) in [5.41, 5.74) is 0.919. The summed E-state index contributed by atoms with van der Waals surface area (Å²) in [7, 11) is 0. The van der Waals surface area contributed by atoms with Crippen molar-refractivity contribution in [2.75, 3.05) is 18.4 Å². The molecule has 1 fully saturated rings. The zero-order valence-corrected chi connectivity index (χ0v) is 18.9. The molecule has 0 atom stereocenters. The number of alkyl halides is 3. The molecule has 176 valence electrons. The first-order valence-corrected chi connectivity index (χ1v) is 11.7. The second-order valence-electron chi connectivity index (χ2n) is 8.02. The molecule has 1 saturated heterocycles. The van der Waals surface area contributed by atoms with Gasteiger partial charge < -0.3 is 14.8 Å². The number of nitrogens with zero attached hydrogens (tertiary/aromatic N) is 5. The number of fused-ring (bicyclic) bond motifs is 1. The number of carbonyl (C=O) groups excluding carboxylic acids is 1. The highest BCUT2D eigenvalue weighted by Crippen LogP contribution is 2.30. The molecule has 1 amide bonds. The summed E-state index contributed by atoms with van der Waals surface area (Å²) < 4.78 is 41.1. The van der Waals surface area contributed by atoms with Crippen molar-refractivity contribution in [3.05, 3.63) is 59.2 Å². The second kappa shape index (κ2) is 9.05. The van der Waals surface area contributed by atoms with Crippen molar-refractivity contribution < 1.29 is 18.0 Å². The maximum atomic E-state index is 13.1. The van der Waals surface area contributed by atoms with Crippen molar-refractivity contribution >= 4 is 34.2 Å². The molecule has 1 aliphatic heterocycles. The van der Waals surface area contributed by atoms with Crippen LogP contribution in [-0.4, -0.2) is 43.4 Å². The van der Waals surface area contributed by atoms with Crippen LogP contribution in [0.1, 0.15) is 24.0 Å². The molecule has 4 heterocycles. The first-order valence-electron chi connectivity index (χ1n) is 10.8.